The van der Waals surface area contributed by atoms with Crippen molar-refractivity contribution in [2.75, 3.05) is 7.11 Å². The molecular formula is C11H12BrNO4. The maximum Gasteiger partial charge on any atom is 0.258 e. The Bertz CT molecular complexity index is 447. The molecule has 0 unspecified atom stereocenters. The Morgan fingerprint density at radius 3 is 2.59 bits per heavy atom. The molecule has 5 nitrogen and oxygen atoms in total. The molecule has 17 heavy (non-hydrogen) atoms. The number of carbonyl (C=O) groups excluding carboxylic acids is 2. The number of hydrogen-bond donors (Lipinski definition) is 1. The summed E-state index contributed by atoms with van der Waals surface area (Å²) in [6.07, 6.45) is -0.129. The minimum Gasteiger partial charge on any atom is -0.493 e. The predicted molar refractivity (Wildman–Crippen MR) is 65.4 cm³/mol. The van der Waals surface area contributed by atoms with Crippen LogP contribution in [0.5, 0.6) is 11.5 Å². The highest BCUT2D eigenvalue weighted by Crippen LogP contribution is 2.33. The van der Waals surface area contributed by atoms with Gasteiger partial charge in [0, 0.05) is 10.0 Å². The molecule has 0 fully saturated rings. The molecule has 0 heterocycles. The summed E-state index contributed by atoms with van der Waals surface area (Å²) in [4.78, 5) is 21.7. The van der Waals surface area contributed by atoms with Gasteiger partial charge in [-0.15, -0.1) is 0 Å². The van der Waals surface area contributed by atoms with Gasteiger partial charge in [0.1, 0.15) is 0 Å². The van der Waals surface area contributed by atoms with Crippen LogP contribution in [-0.2, 0) is 4.79 Å². The Morgan fingerprint density at radius 2 is 2.12 bits per heavy atom. The quantitative estimate of drug-likeness (QED) is 0.836. The highest BCUT2D eigenvalue weighted by Gasteiger charge is 2.15. The first kappa shape index (κ1) is 13.5. The third kappa shape index (κ3) is 3.20. The van der Waals surface area contributed by atoms with Gasteiger partial charge in [0.05, 0.1) is 7.11 Å². The van der Waals surface area contributed by atoms with Crippen LogP contribution in [0.4, 0.5) is 0 Å². The van der Waals surface area contributed by atoms with Crippen molar-refractivity contribution < 1.29 is 19.1 Å². The van der Waals surface area contributed by atoms with Crippen LogP contribution >= 0.6 is 15.9 Å². The van der Waals surface area contributed by atoms with Crippen molar-refractivity contribution in [1.29, 1.82) is 0 Å². The van der Waals surface area contributed by atoms with Gasteiger partial charge in [0.15, 0.2) is 23.9 Å². The number of amides is 1. The molecule has 1 amide bonds. The van der Waals surface area contributed by atoms with E-state index in [1.807, 2.05) is 0 Å². The van der Waals surface area contributed by atoms with Crippen LogP contribution in [0.15, 0.2) is 16.6 Å². The molecule has 1 aromatic rings. The van der Waals surface area contributed by atoms with Crippen molar-refractivity contribution in [2.24, 2.45) is 5.73 Å². The number of ether oxygens (including phenoxy) is 2. The fourth-order valence-electron chi connectivity index (χ4n) is 1.14. The number of aldehydes is 1. The van der Waals surface area contributed by atoms with Crippen LogP contribution in [0.25, 0.3) is 0 Å². The largest absolute Gasteiger partial charge is 0.493 e. The fraction of sp³-hybridized carbons (Fsp3) is 0.273. The van der Waals surface area contributed by atoms with E-state index in [2.05, 4.69) is 15.9 Å². The van der Waals surface area contributed by atoms with Crippen molar-refractivity contribution in [3.8, 4) is 11.5 Å². The van der Waals surface area contributed by atoms with E-state index in [4.69, 9.17) is 15.2 Å². The predicted octanol–water partition coefficient (Wildman–Crippen LogP) is 1.52. The van der Waals surface area contributed by atoms with Crippen molar-refractivity contribution in [2.45, 2.75) is 13.0 Å². The second kappa shape index (κ2) is 5.67. The minimum absolute atomic E-state index is 0.295. The SMILES string of the molecule is COc1cc(Br)c(C=O)cc1O[C@H](C)C(N)=O. The third-order valence-electron chi connectivity index (χ3n) is 2.11. The zero-order valence-electron chi connectivity index (χ0n) is 9.40. The van der Waals surface area contributed by atoms with E-state index in [0.717, 1.165) is 0 Å². The molecular weight excluding hydrogens is 290 g/mol. The molecule has 0 saturated heterocycles. The van der Waals surface area contributed by atoms with Gasteiger partial charge >= 0.3 is 0 Å². The van der Waals surface area contributed by atoms with Gasteiger partial charge in [-0.2, -0.15) is 0 Å². The molecule has 0 saturated carbocycles. The Balaban J connectivity index is 3.12. The number of benzene rings is 1. The molecule has 1 rings (SSSR count). The first-order valence-electron chi connectivity index (χ1n) is 4.78. The first-order valence-corrected chi connectivity index (χ1v) is 5.57. The highest BCUT2D eigenvalue weighted by atomic mass is 79.9. The number of carbonyl (C=O) groups is 2. The van der Waals surface area contributed by atoms with Crippen LogP contribution in [-0.4, -0.2) is 25.4 Å². The van der Waals surface area contributed by atoms with Crippen LogP contribution in [0.2, 0.25) is 0 Å². The van der Waals surface area contributed by atoms with Gasteiger partial charge in [0.2, 0.25) is 0 Å². The van der Waals surface area contributed by atoms with E-state index in [-0.39, 0.29) is 0 Å². The average Bonchev–Trinajstić information content (AvgIpc) is 2.30. The van der Waals surface area contributed by atoms with Crippen LogP contribution in [0.3, 0.4) is 0 Å². The fourth-order valence-corrected chi connectivity index (χ4v) is 1.56. The van der Waals surface area contributed by atoms with Crippen molar-refractivity contribution in [1.82, 2.24) is 0 Å². The summed E-state index contributed by atoms with van der Waals surface area (Å²) in [6, 6.07) is 3.07. The maximum absolute atomic E-state index is 10.9. The highest BCUT2D eigenvalue weighted by molar-refractivity contribution is 9.10. The topological polar surface area (TPSA) is 78.6 Å². The maximum atomic E-state index is 10.9. The smallest absolute Gasteiger partial charge is 0.258 e. The van der Waals surface area contributed by atoms with E-state index in [1.54, 1.807) is 6.07 Å². The summed E-state index contributed by atoms with van der Waals surface area (Å²) >= 11 is 3.22. The zero-order chi connectivity index (χ0) is 13.0. The Labute approximate surface area is 107 Å². The summed E-state index contributed by atoms with van der Waals surface area (Å²) in [7, 11) is 1.46. The van der Waals surface area contributed by atoms with E-state index < -0.39 is 12.0 Å². The van der Waals surface area contributed by atoms with E-state index in [9.17, 15) is 9.59 Å². The number of halogens is 1. The van der Waals surface area contributed by atoms with Crippen molar-refractivity contribution in [3.63, 3.8) is 0 Å². The number of primary amides is 1. The lowest BCUT2D eigenvalue weighted by molar-refractivity contribution is -0.124. The summed E-state index contributed by atoms with van der Waals surface area (Å²) in [5.74, 6) is 0.113. The standard InChI is InChI=1S/C11H12BrNO4/c1-6(11(13)15)17-10-3-7(5-14)8(12)4-9(10)16-2/h3-6H,1-2H3,(H2,13,15)/t6-/m1/s1. The van der Waals surface area contributed by atoms with Crippen molar-refractivity contribution >= 4 is 28.1 Å². The Kier molecular flexibility index (Phi) is 4.51. The normalized spacial score (nSPS) is 11.7. The summed E-state index contributed by atoms with van der Waals surface area (Å²) in [5.41, 5.74) is 5.49. The lowest BCUT2D eigenvalue weighted by atomic mass is 10.2. The van der Waals surface area contributed by atoms with E-state index in [1.165, 1.54) is 20.1 Å². The van der Waals surface area contributed by atoms with E-state index in [0.29, 0.717) is 27.8 Å². The molecule has 0 bridgehead atoms. The second-order valence-corrected chi connectivity index (χ2v) is 4.16. The number of nitrogens with two attached hydrogens (primary N) is 1. The summed E-state index contributed by atoms with van der Waals surface area (Å²) in [6.45, 7) is 1.52. The molecule has 0 aromatic heterocycles. The molecule has 92 valence electrons. The molecule has 0 aliphatic heterocycles. The molecule has 0 spiro atoms. The molecule has 2 N–H and O–H groups in total. The van der Waals surface area contributed by atoms with Crippen LogP contribution in [0.1, 0.15) is 17.3 Å². The molecule has 0 radical (unpaired) electrons. The van der Waals surface area contributed by atoms with Gasteiger partial charge in [-0.25, -0.2) is 0 Å². The lowest BCUT2D eigenvalue weighted by Gasteiger charge is -2.15. The van der Waals surface area contributed by atoms with Crippen LogP contribution in [0, 0.1) is 0 Å². The number of rotatable bonds is 5. The zero-order valence-corrected chi connectivity index (χ0v) is 11.0. The van der Waals surface area contributed by atoms with E-state index >= 15 is 0 Å². The minimum atomic E-state index is -0.801. The number of hydrogen-bond acceptors (Lipinski definition) is 4. The second-order valence-electron chi connectivity index (χ2n) is 3.30. The monoisotopic (exact) mass is 301 g/mol. The third-order valence-corrected chi connectivity index (χ3v) is 2.80. The summed E-state index contributed by atoms with van der Waals surface area (Å²) < 4.78 is 11.0. The average molecular weight is 302 g/mol. The van der Waals surface area contributed by atoms with Crippen LogP contribution < -0.4 is 15.2 Å². The molecule has 0 aliphatic carbocycles. The molecule has 1 aromatic carbocycles. The Hall–Kier alpha value is -1.56. The van der Waals surface area contributed by atoms with Gasteiger partial charge in [-0.3, -0.25) is 9.59 Å². The van der Waals surface area contributed by atoms with Gasteiger partial charge in [-0.1, -0.05) is 0 Å². The van der Waals surface area contributed by atoms with Crippen molar-refractivity contribution in [3.05, 3.63) is 22.2 Å². The van der Waals surface area contributed by atoms with Gasteiger partial charge < -0.3 is 15.2 Å². The summed E-state index contributed by atoms with van der Waals surface area (Å²) in [5, 5.41) is 0. The van der Waals surface area contributed by atoms with Gasteiger partial charge in [-0.05, 0) is 35.0 Å². The molecule has 1 atom stereocenters. The van der Waals surface area contributed by atoms with Gasteiger partial charge in [0.25, 0.3) is 5.91 Å². The molecule has 6 heteroatoms. The molecule has 0 aliphatic rings. The number of methoxy groups -OCH3 is 1. The lowest BCUT2D eigenvalue weighted by Crippen LogP contribution is -2.30. The first-order chi connectivity index (χ1) is 7.99. The Morgan fingerprint density at radius 1 is 1.47 bits per heavy atom.